The first-order valence-corrected chi connectivity index (χ1v) is 11.7. The van der Waals surface area contributed by atoms with Gasteiger partial charge in [-0.05, 0) is 30.2 Å². The maximum Gasteiger partial charge on any atom is 0.227 e. The number of anilines is 4. The average molecular weight is 452 g/mol. The summed E-state index contributed by atoms with van der Waals surface area (Å²) in [6.45, 7) is 9.06. The molecule has 32 heavy (non-hydrogen) atoms. The molecule has 0 unspecified atom stereocenters. The maximum atomic E-state index is 11.6. The van der Waals surface area contributed by atoms with Gasteiger partial charge in [0.2, 0.25) is 11.9 Å². The third kappa shape index (κ3) is 4.83. The van der Waals surface area contributed by atoms with Gasteiger partial charge in [0, 0.05) is 57.7 Å². The van der Waals surface area contributed by atoms with Gasteiger partial charge in [-0.15, -0.1) is 0 Å². The van der Waals surface area contributed by atoms with Crippen LogP contribution in [0.3, 0.4) is 0 Å². The van der Waals surface area contributed by atoms with E-state index in [4.69, 9.17) is 9.97 Å². The highest BCUT2D eigenvalue weighted by Gasteiger charge is 2.19. The molecule has 8 nitrogen and oxygen atoms in total. The molecule has 0 saturated carbocycles. The second-order valence-electron chi connectivity index (χ2n) is 8.07. The number of amides is 1. The van der Waals surface area contributed by atoms with E-state index in [1.54, 1.807) is 24.5 Å². The van der Waals surface area contributed by atoms with Crippen molar-refractivity contribution in [2.75, 3.05) is 48.8 Å². The molecule has 3 heterocycles. The molecule has 0 aliphatic carbocycles. The molecule has 0 spiro atoms. The van der Waals surface area contributed by atoms with E-state index in [1.165, 1.54) is 0 Å². The van der Waals surface area contributed by atoms with Crippen LogP contribution in [-0.4, -0.2) is 59.0 Å². The lowest BCUT2D eigenvalue weighted by molar-refractivity contribution is -0.129. The molecule has 1 amide bonds. The number of carbonyl (C=O) groups excluding carboxylic acids is 1. The molecule has 2 aromatic heterocycles. The fourth-order valence-electron chi connectivity index (χ4n) is 3.75. The molecule has 0 bridgehead atoms. The van der Waals surface area contributed by atoms with E-state index in [0.717, 1.165) is 59.0 Å². The third-order valence-corrected chi connectivity index (χ3v) is 6.61. The van der Waals surface area contributed by atoms with Crippen molar-refractivity contribution in [1.29, 1.82) is 0 Å². The zero-order valence-electron chi connectivity index (χ0n) is 18.9. The Kier molecular flexibility index (Phi) is 6.55. The van der Waals surface area contributed by atoms with Crippen molar-refractivity contribution in [3.8, 4) is 10.6 Å². The lowest BCUT2D eigenvalue weighted by Gasteiger charge is -2.35. The minimum atomic E-state index is 0.139. The van der Waals surface area contributed by atoms with Crippen LogP contribution >= 0.6 is 11.3 Å². The standard InChI is InChI=1S/C23H29N7OS/c1-15(2)20-21(32-23(24-4)28-20)19-8-9-25-22(27-19)26-17-6-5-7-18(14-17)30-12-10-29(11-13-30)16(3)31/h5-9,14-15H,10-13H2,1-4H3,(H,24,28)(H,25,26,27). The molecule has 0 radical (unpaired) electrons. The second kappa shape index (κ2) is 9.52. The summed E-state index contributed by atoms with van der Waals surface area (Å²) in [5.41, 5.74) is 3.95. The minimum absolute atomic E-state index is 0.139. The fraction of sp³-hybridized carbons (Fsp3) is 0.391. The summed E-state index contributed by atoms with van der Waals surface area (Å²) in [6, 6.07) is 10.2. The SMILES string of the molecule is CNc1nc(C(C)C)c(-c2ccnc(Nc3cccc(N4CCN(C(C)=O)CC4)c3)n2)s1. The van der Waals surface area contributed by atoms with Crippen LogP contribution in [-0.2, 0) is 4.79 Å². The number of benzene rings is 1. The van der Waals surface area contributed by atoms with Crippen LogP contribution in [0.25, 0.3) is 10.6 Å². The molecule has 0 atom stereocenters. The van der Waals surface area contributed by atoms with Gasteiger partial charge in [-0.25, -0.2) is 15.0 Å². The molecule has 168 valence electrons. The molecule has 1 aliphatic heterocycles. The largest absolute Gasteiger partial charge is 0.368 e. The maximum absolute atomic E-state index is 11.6. The number of nitrogens with zero attached hydrogens (tertiary/aromatic N) is 5. The van der Waals surface area contributed by atoms with Crippen molar-refractivity contribution >= 4 is 39.7 Å². The summed E-state index contributed by atoms with van der Waals surface area (Å²) in [5, 5.41) is 7.36. The van der Waals surface area contributed by atoms with Crippen molar-refractivity contribution in [2.24, 2.45) is 0 Å². The highest BCUT2D eigenvalue weighted by molar-refractivity contribution is 7.19. The lowest BCUT2D eigenvalue weighted by atomic mass is 10.1. The van der Waals surface area contributed by atoms with Gasteiger partial charge in [0.25, 0.3) is 0 Å². The van der Waals surface area contributed by atoms with Gasteiger partial charge in [-0.1, -0.05) is 31.3 Å². The highest BCUT2D eigenvalue weighted by atomic mass is 32.1. The van der Waals surface area contributed by atoms with Crippen LogP contribution in [0, 0.1) is 0 Å². The smallest absolute Gasteiger partial charge is 0.227 e. The van der Waals surface area contributed by atoms with Gasteiger partial charge >= 0.3 is 0 Å². The van der Waals surface area contributed by atoms with Gasteiger partial charge in [-0.2, -0.15) is 0 Å². The molecular weight excluding hydrogens is 422 g/mol. The van der Waals surface area contributed by atoms with Gasteiger partial charge in [-0.3, -0.25) is 4.79 Å². The molecule has 3 aromatic rings. The van der Waals surface area contributed by atoms with Crippen molar-refractivity contribution in [1.82, 2.24) is 19.9 Å². The van der Waals surface area contributed by atoms with E-state index >= 15 is 0 Å². The van der Waals surface area contributed by atoms with Crippen LogP contribution in [0.1, 0.15) is 32.4 Å². The number of hydrogen-bond donors (Lipinski definition) is 2. The fourth-order valence-corrected chi connectivity index (χ4v) is 4.79. The van der Waals surface area contributed by atoms with Crippen LogP contribution in [0.4, 0.5) is 22.5 Å². The summed E-state index contributed by atoms with van der Waals surface area (Å²) < 4.78 is 0. The summed E-state index contributed by atoms with van der Waals surface area (Å²) >= 11 is 1.60. The van der Waals surface area contributed by atoms with Crippen LogP contribution in [0.2, 0.25) is 0 Å². The number of aromatic nitrogens is 3. The third-order valence-electron chi connectivity index (χ3n) is 5.49. The van der Waals surface area contributed by atoms with Crippen molar-refractivity contribution in [3.63, 3.8) is 0 Å². The van der Waals surface area contributed by atoms with E-state index < -0.39 is 0 Å². The summed E-state index contributed by atoms with van der Waals surface area (Å²) in [4.78, 5) is 30.7. The van der Waals surface area contributed by atoms with E-state index in [-0.39, 0.29) is 5.91 Å². The van der Waals surface area contributed by atoms with Gasteiger partial charge in [0.15, 0.2) is 5.13 Å². The molecule has 1 fully saturated rings. The first kappa shape index (κ1) is 22.0. The Balaban J connectivity index is 1.52. The van der Waals surface area contributed by atoms with Crippen LogP contribution < -0.4 is 15.5 Å². The highest BCUT2D eigenvalue weighted by Crippen LogP contribution is 2.36. The molecule has 9 heteroatoms. The Morgan fingerprint density at radius 2 is 1.91 bits per heavy atom. The lowest BCUT2D eigenvalue weighted by Crippen LogP contribution is -2.48. The monoisotopic (exact) mass is 451 g/mol. The summed E-state index contributed by atoms with van der Waals surface area (Å²) in [7, 11) is 1.88. The Bertz CT molecular complexity index is 1090. The van der Waals surface area contributed by atoms with Gasteiger partial charge < -0.3 is 20.4 Å². The number of nitrogens with one attached hydrogen (secondary N) is 2. The first-order chi connectivity index (χ1) is 15.4. The quantitative estimate of drug-likeness (QED) is 0.581. The molecule has 1 aliphatic rings. The number of thiazole rings is 1. The van der Waals surface area contributed by atoms with Crippen molar-refractivity contribution in [2.45, 2.75) is 26.7 Å². The Morgan fingerprint density at radius 3 is 2.59 bits per heavy atom. The normalized spacial score (nSPS) is 14.0. The van der Waals surface area contributed by atoms with E-state index in [1.807, 2.05) is 30.1 Å². The second-order valence-corrected chi connectivity index (χ2v) is 9.07. The molecule has 1 aromatic carbocycles. The predicted octanol–water partition coefficient (Wildman–Crippen LogP) is 4.18. The van der Waals surface area contributed by atoms with Crippen molar-refractivity contribution in [3.05, 3.63) is 42.2 Å². The number of rotatable bonds is 6. The van der Waals surface area contributed by atoms with E-state index in [0.29, 0.717) is 11.9 Å². The number of hydrogen-bond acceptors (Lipinski definition) is 8. The number of carbonyl (C=O) groups is 1. The van der Waals surface area contributed by atoms with E-state index in [9.17, 15) is 4.79 Å². The minimum Gasteiger partial charge on any atom is -0.368 e. The number of piperazine rings is 1. The van der Waals surface area contributed by atoms with Gasteiger partial charge in [0.1, 0.15) is 0 Å². The van der Waals surface area contributed by atoms with Gasteiger partial charge in [0.05, 0.1) is 16.3 Å². The average Bonchev–Trinajstić information content (AvgIpc) is 3.25. The Labute approximate surface area is 192 Å². The molecular formula is C23H29N7OS. The summed E-state index contributed by atoms with van der Waals surface area (Å²) in [6.07, 6.45) is 1.78. The zero-order valence-corrected chi connectivity index (χ0v) is 19.7. The van der Waals surface area contributed by atoms with Crippen molar-refractivity contribution < 1.29 is 4.79 Å². The topological polar surface area (TPSA) is 86.3 Å². The Morgan fingerprint density at radius 1 is 1.12 bits per heavy atom. The molecule has 4 rings (SSSR count). The summed E-state index contributed by atoms with van der Waals surface area (Å²) in [5.74, 6) is 0.991. The molecule has 1 saturated heterocycles. The first-order valence-electron chi connectivity index (χ1n) is 10.8. The Hall–Kier alpha value is -3.20. The van der Waals surface area contributed by atoms with E-state index in [2.05, 4.69) is 46.5 Å². The predicted molar refractivity (Wildman–Crippen MR) is 131 cm³/mol. The zero-order chi connectivity index (χ0) is 22.7. The van der Waals surface area contributed by atoms with Crippen LogP contribution in [0.15, 0.2) is 36.5 Å². The van der Waals surface area contributed by atoms with Crippen LogP contribution in [0.5, 0.6) is 0 Å². The molecule has 2 N–H and O–H groups in total.